The Bertz CT molecular complexity index is 1010. The average molecular weight is 530 g/mol. The number of halogens is 1. The highest BCUT2D eigenvalue weighted by molar-refractivity contribution is 9.10. The molecule has 2 heterocycles. The van der Waals surface area contributed by atoms with Gasteiger partial charge in [0.2, 0.25) is 17.6 Å². The quantitative estimate of drug-likeness (QED) is 0.367. The van der Waals surface area contributed by atoms with Crippen LogP contribution in [0.3, 0.4) is 0 Å². The Morgan fingerprint density at radius 3 is 2.82 bits per heavy atom. The number of benzene rings is 2. The number of rotatable bonds is 10. The number of piperidine rings is 1. The lowest BCUT2D eigenvalue weighted by Gasteiger charge is -2.30. The number of amides is 1. The van der Waals surface area contributed by atoms with Crippen molar-refractivity contribution in [2.45, 2.75) is 31.6 Å². The Morgan fingerprint density at radius 2 is 2.00 bits per heavy atom. The Balaban J connectivity index is 1.17. The van der Waals surface area contributed by atoms with E-state index in [0.29, 0.717) is 18.3 Å². The molecule has 1 N–H and O–H groups in total. The molecule has 1 amide bonds. The summed E-state index contributed by atoms with van der Waals surface area (Å²) in [5, 5.41) is 7.24. The number of nitrogens with zero attached hydrogens (tertiary/aromatic N) is 3. The van der Waals surface area contributed by atoms with E-state index >= 15 is 0 Å². The fraction of sp³-hybridized carbons (Fsp3) is 0.400. The Labute approximate surface area is 207 Å². The van der Waals surface area contributed by atoms with Gasteiger partial charge in [-0.2, -0.15) is 16.7 Å². The first-order valence-corrected chi connectivity index (χ1v) is 13.3. The van der Waals surface area contributed by atoms with Gasteiger partial charge in [0.15, 0.2) is 0 Å². The molecule has 0 aliphatic carbocycles. The summed E-state index contributed by atoms with van der Waals surface area (Å²) in [5.74, 6) is 3.42. The van der Waals surface area contributed by atoms with Gasteiger partial charge in [0.1, 0.15) is 0 Å². The van der Waals surface area contributed by atoms with E-state index < -0.39 is 0 Å². The van der Waals surface area contributed by atoms with Crippen LogP contribution in [0.1, 0.15) is 30.7 Å². The number of hydrogen-bond acceptors (Lipinski definition) is 6. The van der Waals surface area contributed by atoms with E-state index in [-0.39, 0.29) is 11.8 Å². The lowest BCUT2D eigenvalue weighted by Crippen LogP contribution is -2.43. The molecule has 33 heavy (non-hydrogen) atoms. The molecule has 1 saturated heterocycles. The van der Waals surface area contributed by atoms with E-state index in [2.05, 4.69) is 60.6 Å². The first kappa shape index (κ1) is 24.0. The molecule has 6 nitrogen and oxygen atoms in total. The molecule has 1 aromatic heterocycles. The summed E-state index contributed by atoms with van der Waals surface area (Å²) in [6, 6.07) is 18.3. The van der Waals surface area contributed by atoms with Crippen molar-refractivity contribution in [1.82, 2.24) is 20.4 Å². The summed E-state index contributed by atoms with van der Waals surface area (Å²) in [4.78, 5) is 19.4. The van der Waals surface area contributed by atoms with Crippen LogP contribution in [0.4, 0.5) is 0 Å². The van der Waals surface area contributed by atoms with Gasteiger partial charge in [0.05, 0.1) is 12.5 Å². The van der Waals surface area contributed by atoms with E-state index in [0.717, 1.165) is 60.4 Å². The topological polar surface area (TPSA) is 71.3 Å². The van der Waals surface area contributed by atoms with E-state index in [1.807, 2.05) is 42.1 Å². The standard InChI is InChI=1S/C25H29BrN4O2S/c26-22-11-9-20(10-12-22)24-28-23(32-29-24)17-30-14-4-8-21(16-30)25(31)27-13-5-15-33-18-19-6-2-1-3-7-19/h1-3,6-7,9-12,21H,4-5,8,13-18H2,(H,27,31). The van der Waals surface area contributed by atoms with Gasteiger partial charge >= 0.3 is 0 Å². The summed E-state index contributed by atoms with van der Waals surface area (Å²) < 4.78 is 6.48. The van der Waals surface area contributed by atoms with Crippen LogP contribution in [-0.2, 0) is 17.1 Å². The maximum absolute atomic E-state index is 12.7. The number of carbonyl (C=O) groups is 1. The minimum absolute atomic E-state index is 0.0181. The number of aromatic nitrogens is 2. The molecule has 0 radical (unpaired) electrons. The zero-order valence-corrected chi connectivity index (χ0v) is 21.0. The van der Waals surface area contributed by atoms with Crippen LogP contribution < -0.4 is 5.32 Å². The average Bonchev–Trinajstić information content (AvgIpc) is 3.31. The molecule has 1 unspecified atom stereocenters. The second-order valence-electron chi connectivity index (χ2n) is 8.28. The minimum atomic E-state index is 0.0181. The van der Waals surface area contributed by atoms with Crippen molar-refractivity contribution in [3.05, 3.63) is 70.5 Å². The molecule has 2 aromatic carbocycles. The van der Waals surface area contributed by atoms with E-state index in [4.69, 9.17) is 4.52 Å². The van der Waals surface area contributed by atoms with Crippen molar-refractivity contribution in [3.8, 4) is 11.4 Å². The van der Waals surface area contributed by atoms with Gasteiger partial charge in [0.25, 0.3) is 0 Å². The van der Waals surface area contributed by atoms with Crippen molar-refractivity contribution in [2.75, 3.05) is 25.4 Å². The highest BCUT2D eigenvalue weighted by Crippen LogP contribution is 2.22. The van der Waals surface area contributed by atoms with Gasteiger partial charge in [-0.25, -0.2) is 0 Å². The summed E-state index contributed by atoms with van der Waals surface area (Å²) >= 11 is 5.35. The lowest BCUT2D eigenvalue weighted by atomic mass is 9.97. The zero-order valence-electron chi connectivity index (χ0n) is 18.6. The SMILES string of the molecule is O=C(NCCCSCc1ccccc1)C1CCCN(Cc2nc(-c3ccc(Br)cc3)no2)C1. The van der Waals surface area contributed by atoms with Crippen molar-refractivity contribution in [2.24, 2.45) is 5.92 Å². The molecule has 0 bridgehead atoms. The normalized spacial score (nSPS) is 16.6. The minimum Gasteiger partial charge on any atom is -0.356 e. The molecule has 0 spiro atoms. The highest BCUT2D eigenvalue weighted by Gasteiger charge is 2.26. The molecule has 3 aromatic rings. The zero-order chi connectivity index (χ0) is 22.9. The molecule has 1 aliphatic rings. The first-order chi connectivity index (χ1) is 16.2. The van der Waals surface area contributed by atoms with Crippen LogP contribution in [0.15, 0.2) is 63.6 Å². The van der Waals surface area contributed by atoms with Crippen LogP contribution in [0.25, 0.3) is 11.4 Å². The van der Waals surface area contributed by atoms with Crippen LogP contribution in [-0.4, -0.2) is 46.3 Å². The Hall–Kier alpha value is -2.16. The van der Waals surface area contributed by atoms with Gasteiger partial charge in [-0.1, -0.05) is 51.4 Å². The largest absolute Gasteiger partial charge is 0.356 e. The number of hydrogen-bond donors (Lipinski definition) is 1. The molecule has 174 valence electrons. The molecule has 4 rings (SSSR count). The number of carbonyl (C=O) groups excluding carboxylic acids is 1. The number of likely N-dealkylation sites (tertiary alicyclic amines) is 1. The predicted octanol–water partition coefficient (Wildman–Crippen LogP) is 5.15. The second kappa shape index (κ2) is 12.3. The van der Waals surface area contributed by atoms with E-state index in [9.17, 15) is 4.79 Å². The van der Waals surface area contributed by atoms with Crippen molar-refractivity contribution < 1.29 is 9.32 Å². The van der Waals surface area contributed by atoms with Gasteiger partial charge in [0, 0.05) is 28.9 Å². The summed E-state index contributed by atoms with van der Waals surface area (Å²) in [5.41, 5.74) is 2.27. The third kappa shape index (κ3) is 7.42. The predicted molar refractivity (Wildman–Crippen MR) is 136 cm³/mol. The Morgan fingerprint density at radius 1 is 1.18 bits per heavy atom. The fourth-order valence-electron chi connectivity index (χ4n) is 3.93. The summed E-state index contributed by atoms with van der Waals surface area (Å²) in [6.45, 7) is 2.97. The second-order valence-corrected chi connectivity index (χ2v) is 10.3. The third-order valence-electron chi connectivity index (χ3n) is 5.68. The molecule has 0 saturated carbocycles. The molecule has 1 atom stereocenters. The first-order valence-electron chi connectivity index (χ1n) is 11.4. The van der Waals surface area contributed by atoms with Gasteiger partial charge in [-0.15, -0.1) is 0 Å². The van der Waals surface area contributed by atoms with Crippen molar-refractivity contribution in [3.63, 3.8) is 0 Å². The van der Waals surface area contributed by atoms with Crippen LogP contribution in [0, 0.1) is 5.92 Å². The van der Waals surface area contributed by atoms with Crippen molar-refractivity contribution >= 4 is 33.6 Å². The van der Waals surface area contributed by atoms with Gasteiger partial charge in [-0.05, 0) is 61.4 Å². The monoisotopic (exact) mass is 528 g/mol. The molecular weight excluding hydrogens is 500 g/mol. The van der Waals surface area contributed by atoms with Crippen molar-refractivity contribution in [1.29, 1.82) is 0 Å². The lowest BCUT2D eigenvalue weighted by molar-refractivity contribution is -0.126. The van der Waals surface area contributed by atoms with Gasteiger partial charge in [-0.3, -0.25) is 9.69 Å². The van der Waals surface area contributed by atoms with Gasteiger partial charge < -0.3 is 9.84 Å². The fourth-order valence-corrected chi connectivity index (χ4v) is 5.12. The van der Waals surface area contributed by atoms with E-state index in [1.165, 1.54) is 5.56 Å². The molecule has 1 aliphatic heterocycles. The maximum Gasteiger partial charge on any atom is 0.241 e. The summed E-state index contributed by atoms with van der Waals surface area (Å²) in [6.07, 6.45) is 2.91. The maximum atomic E-state index is 12.7. The molecule has 8 heteroatoms. The number of nitrogens with one attached hydrogen (secondary N) is 1. The third-order valence-corrected chi connectivity index (χ3v) is 7.33. The van der Waals surface area contributed by atoms with Crippen LogP contribution >= 0.6 is 27.7 Å². The smallest absolute Gasteiger partial charge is 0.241 e. The molecule has 1 fully saturated rings. The van der Waals surface area contributed by atoms with Crippen LogP contribution in [0.2, 0.25) is 0 Å². The molecular formula is C25H29BrN4O2S. The van der Waals surface area contributed by atoms with E-state index in [1.54, 1.807) is 0 Å². The van der Waals surface area contributed by atoms with Crippen LogP contribution in [0.5, 0.6) is 0 Å². The summed E-state index contributed by atoms with van der Waals surface area (Å²) in [7, 11) is 0. The highest BCUT2D eigenvalue weighted by atomic mass is 79.9. The number of thioether (sulfide) groups is 1. The Kier molecular flexibility index (Phi) is 8.97.